The molecule has 0 fully saturated rings. The Labute approximate surface area is 143 Å². The number of aryl methyl sites for hydroxylation is 2. The number of anilines is 1. The largest absolute Gasteiger partial charge is 0.307 e. The van der Waals surface area contributed by atoms with E-state index in [2.05, 4.69) is 15.9 Å². The molecule has 1 amide bonds. The molecule has 0 aliphatic carbocycles. The number of hydrogen-bond donors (Lipinski definition) is 0. The smallest absolute Gasteiger partial charge is 0.259 e. The van der Waals surface area contributed by atoms with Crippen molar-refractivity contribution in [2.75, 3.05) is 11.4 Å². The molecule has 0 aliphatic rings. The summed E-state index contributed by atoms with van der Waals surface area (Å²) in [5, 5.41) is 8.85. The Bertz CT molecular complexity index is 783. The van der Waals surface area contributed by atoms with Crippen molar-refractivity contribution in [1.29, 1.82) is 5.26 Å². The summed E-state index contributed by atoms with van der Waals surface area (Å²) >= 11 is 3.29. The summed E-state index contributed by atoms with van der Waals surface area (Å²) in [7, 11) is 0. The minimum Gasteiger partial charge on any atom is -0.307 e. The number of rotatable bonds is 4. The molecule has 0 bridgehead atoms. The summed E-state index contributed by atoms with van der Waals surface area (Å²) in [4.78, 5) is 14.3. The molecule has 118 valence electrons. The summed E-state index contributed by atoms with van der Waals surface area (Å²) in [6.07, 6.45) is 0.200. The molecule has 2 aromatic rings. The lowest BCUT2D eigenvalue weighted by Crippen LogP contribution is -2.32. The van der Waals surface area contributed by atoms with Gasteiger partial charge in [0.25, 0.3) is 5.91 Å². The minimum atomic E-state index is -0.475. The van der Waals surface area contributed by atoms with Gasteiger partial charge in [0.1, 0.15) is 5.82 Å². The van der Waals surface area contributed by atoms with Crippen molar-refractivity contribution in [3.63, 3.8) is 0 Å². The van der Waals surface area contributed by atoms with Crippen molar-refractivity contribution in [3.05, 3.63) is 63.4 Å². The zero-order chi connectivity index (χ0) is 17.0. The fourth-order valence-electron chi connectivity index (χ4n) is 2.21. The molecule has 0 radical (unpaired) electrons. The third-order valence-corrected chi connectivity index (χ3v) is 4.34. The molecule has 0 aliphatic heterocycles. The lowest BCUT2D eigenvalue weighted by molar-refractivity contribution is 0.0986. The number of nitriles is 1. The average molecular weight is 375 g/mol. The normalized spacial score (nSPS) is 10.2. The molecule has 0 N–H and O–H groups in total. The second-order valence-electron chi connectivity index (χ2n) is 5.26. The van der Waals surface area contributed by atoms with E-state index in [1.54, 1.807) is 0 Å². The highest BCUT2D eigenvalue weighted by atomic mass is 79.9. The average Bonchev–Trinajstić information content (AvgIpc) is 2.53. The van der Waals surface area contributed by atoms with Crippen LogP contribution in [-0.2, 0) is 0 Å². The van der Waals surface area contributed by atoms with E-state index in [1.807, 2.05) is 38.1 Å². The number of carbonyl (C=O) groups excluding carboxylic acids is 1. The van der Waals surface area contributed by atoms with Gasteiger partial charge >= 0.3 is 0 Å². The van der Waals surface area contributed by atoms with Crippen LogP contribution in [0.1, 0.15) is 27.9 Å². The van der Waals surface area contributed by atoms with Gasteiger partial charge in [-0.15, -0.1) is 0 Å². The maximum absolute atomic E-state index is 13.5. The Morgan fingerprint density at radius 3 is 2.61 bits per heavy atom. The van der Waals surface area contributed by atoms with Crippen molar-refractivity contribution < 1.29 is 9.18 Å². The lowest BCUT2D eigenvalue weighted by atomic mass is 10.1. The molecule has 0 saturated carbocycles. The molecule has 0 atom stereocenters. The van der Waals surface area contributed by atoms with Crippen LogP contribution < -0.4 is 4.90 Å². The Morgan fingerprint density at radius 2 is 1.96 bits per heavy atom. The number of nitrogens with zero attached hydrogens (tertiary/aromatic N) is 2. The summed E-state index contributed by atoms with van der Waals surface area (Å²) in [6, 6.07) is 11.7. The number of amides is 1. The molecule has 0 heterocycles. The fraction of sp³-hybridized carbons (Fsp3) is 0.222. The van der Waals surface area contributed by atoms with Crippen molar-refractivity contribution in [1.82, 2.24) is 0 Å². The topological polar surface area (TPSA) is 44.1 Å². The number of carbonyl (C=O) groups is 1. The van der Waals surface area contributed by atoms with Gasteiger partial charge in [-0.05, 0) is 71.2 Å². The summed E-state index contributed by atoms with van der Waals surface area (Å²) < 4.78 is 14.0. The van der Waals surface area contributed by atoms with Crippen molar-refractivity contribution in [2.45, 2.75) is 20.3 Å². The van der Waals surface area contributed by atoms with Crippen LogP contribution >= 0.6 is 15.9 Å². The van der Waals surface area contributed by atoms with E-state index in [1.165, 1.54) is 23.1 Å². The number of benzene rings is 2. The molecule has 2 aromatic carbocycles. The van der Waals surface area contributed by atoms with Gasteiger partial charge in [-0.3, -0.25) is 4.79 Å². The van der Waals surface area contributed by atoms with Crippen LogP contribution in [0.15, 0.2) is 40.9 Å². The summed E-state index contributed by atoms with van der Waals surface area (Å²) in [6.45, 7) is 4.20. The van der Waals surface area contributed by atoms with Crippen molar-refractivity contribution in [3.8, 4) is 6.07 Å². The van der Waals surface area contributed by atoms with Gasteiger partial charge in [0, 0.05) is 16.7 Å². The van der Waals surface area contributed by atoms with Crippen LogP contribution in [0, 0.1) is 31.0 Å². The first kappa shape index (κ1) is 17.2. The van der Waals surface area contributed by atoms with Gasteiger partial charge in [-0.25, -0.2) is 4.39 Å². The van der Waals surface area contributed by atoms with Crippen LogP contribution in [0.2, 0.25) is 0 Å². The highest BCUT2D eigenvalue weighted by Crippen LogP contribution is 2.25. The quantitative estimate of drug-likeness (QED) is 0.773. The Kier molecular flexibility index (Phi) is 5.51. The molecule has 0 unspecified atom stereocenters. The fourth-order valence-corrected chi connectivity index (χ4v) is 2.63. The second-order valence-corrected chi connectivity index (χ2v) is 6.11. The lowest BCUT2D eigenvalue weighted by Gasteiger charge is -2.23. The van der Waals surface area contributed by atoms with E-state index in [4.69, 9.17) is 5.26 Å². The van der Waals surface area contributed by atoms with E-state index >= 15 is 0 Å². The summed E-state index contributed by atoms with van der Waals surface area (Å²) in [5.41, 5.74) is 3.11. The Hall–Kier alpha value is -2.19. The molecule has 2 rings (SSSR count). The van der Waals surface area contributed by atoms with Crippen LogP contribution in [-0.4, -0.2) is 12.5 Å². The maximum Gasteiger partial charge on any atom is 0.259 e. The van der Waals surface area contributed by atoms with Gasteiger partial charge < -0.3 is 4.90 Å². The SMILES string of the molecule is Cc1ccc(N(CCC#N)C(=O)c2cc(F)ccc2Br)cc1C. The van der Waals surface area contributed by atoms with Crippen LogP contribution in [0.25, 0.3) is 0 Å². The molecule has 0 saturated heterocycles. The molecular weight excluding hydrogens is 359 g/mol. The Balaban J connectivity index is 2.45. The third-order valence-electron chi connectivity index (χ3n) is 3.65. The number of hydrogen-bond acceptors (Lipinski definition) is 2. The minimum absolute atomic E-state index is 0.200. The molecule has 23 heavy (non-hydrogen) atoms. The van der Waals surface area contributed by atoms with E-state index in [0.29, 0.717) is 10.2 Å². The van der Waals surface area contributed by atoms with Crippen LogP contribution in [0.5, 0.6) is 0 Å². The first-order chi connectivity index (χ1) is 10.9. The summed E-state index contributed by atoms with van der Waals surface area (Å²) in [5.74, 6) is -0.813. The third kappa shape index (κ3) is 3.96. The number of halogens is 2. The van der Waals surface area contributed by atoms with Gasteiger partial charge in [-0.1, -0.05) is 6.07 Å². The van der Waals surface area contributed by atoms with E-state index in [-0.39, 0.29) is 24.4 Å². The van der Waals surface area contributed by atoms with E-state index in [0.717, 1.165) is 11.1 Å². The molecule has 3 nitrogen and oxygen atoms in total. The monoisotopic (exact) mass is 374 g/mol. The maximum atomic E-state index is 13.5. The predicted octanol–water partition coefficient (Wildman–Crippen LogP) is 4.77. The second kappa shape index (κ2) is 7.38. The van der Waals surface area contributed by atoms with Crippen molar-refractivity contribution >= 4 is 27.5 Å². The van der Waals surface area contributed by atoms with Crippen LogP contribution in [0.3, 0.4) is 0 Å². The van der Waals surface area contributed by atoms with Crippen molar-refractivity contribution in [2.24, 2.45) is 0 Å². The molecular formula is C18H16BrFN2O. The zero-order valence-corrected chi connectivity index (χ0v) is 14.5. The van der Waals surface area contributed by atoms with Gasteiger partial charge in [0.15, 0.2) is 0 Å². The Morgan fingerprint density at radius 1 is 1.22 bits per heavy atom. The van der Waals surface area contributed by atoms with Crippen LogP contribution in [0.4, 0.5) is 10.1 Å². The predicted molar refractivity (Wildman–Crippen MR) is 91.9 cm³/mol. The first-order valence-corrected chi connectivity index (χ1v) is 7.94. The molecule has 5 heteroatoms. The zero-order valence-electron chi connectivity index (χ0n) is 12.9. The molecule has 0 spiro atoms. The first-order valence-electron chi connectivity index (χ1n) is 7.15. The van der Waals surface area contributed by atoms with Gasteiger partial charge in [-0.2, -0.15) is 5.26 Å². The molecule has 0 aromatic heterocycles. The highest BCUT2D eigenvalue weighted by molar-refractivity contribution is 9.10. The van der Waals surface area contributed by atoms with Gasteiger partial charge in [0.2, 0.25) is 0 Å². The standard InChI is InChI=1S/C18H16BrFN2O/c1-12-4-6-15(10-13(12)2)22(9-3-8-21)18(23)16-11-14(20)5-7-17(16)19/h4-7,10-11H,3,9H2,1-2H3. The highest BCUT2D eigenvalue weighted by Gasteiger charge is 2.20. The van der Waals surface area contributed by atoms with E-state index < -0.39 is 5.82 Å². The van der Waals surface area contributed by atoms with Gasteiger partial charge in [0.05, 0.1) is 18.1 Å². The van der Waals surface area contributed by atoms with E-state index in [9.17, 15) is 9.18 Å².